The van der Waals surface area contributed by atoms with E-state index in [1.807, 2.05) is 12.1 Å². The Balaban J connectivity index is 1.67. The van der Waals surface area contributed by atoms with Crippen molar-refractivity contribution in [1.29, 1.82) is 0 Å². The van der Waals surface area contributed by atoms with Crippen molar-refractivity contribution < 1.29 is 13.2 Å². The average molecular weight is 443 g/mol. The highest BCUT2D eigenvalue weighted by molar-refractivity contribution is 9.11. The zero-order valence-corrected chi connectivity index (χ0v) is 16.9. The van der Waals surface area contributed by atoms with Crippen LogP contribution in [-0.2, 0) is 16.4 Å². The van der Waals surface area contributed by atoms with Crippen LogP contribution in [0.3, 0.4) is 0 Å². The Morgan fingerprint density at radius 3 is 2.68 bits per heavy atom. The summed E-state index contributed by atoms with van der Waals surface area (Å²) in [5.41, 5.74) is 1.15. The second kappa shape index (κ2) is 7.57. The summed E-state index contributed by atoms with van der Waals surface area (Å²) in [7, 11) is -3.56. The maximum absolute atomic E-state index is 12.4. The van der Waals surface area contributed by atoms with Crippen LogP contribution in [0.15, 0.2) is 39.0 Å². The Hall–Kier alpha value is -1.22. The summed E-state index contributed by atoms with van der Waals surface area (Å²) < 4.78 is 28.3. The molecule has 0 aliphatic heterocycles. The molecule has 134 valence electrons. The molecule has 1 aromatic carbocycles. The van der Waals surface area contributed by atoms with Crippen LogP contribution in [0.1, 0.15) is 33.6 Å². The number of halogens is 1. The van der Waals surface area contributed by atoms with E-state index in [-0.39, 0.29) is 16.8 Å². The molecule has 1 heterocycles. The minimum absolute atomic E-state index is 0.0358. The van der Waals surface area contributed by atoms with E-state index in [9.17, 15) is 13.2 Å². The first-order valence-corrected chi connectivity index (χ1v) is 11.1. The minimum atomic E-state index is -3.56. The fourth-order valence-electron chi connectivity index (χ4n) is 2.38. The van der Waals surface area contributed by atoms with Crippen LogP contribution >= 0.6 is 27.3 Å². The van der Waals surface area contributed by atoms with Gasteiger partial charge in [0.15, 0.2) is 0 Å². The van der Waals surface area contributed by atoms with Crippen molar-refractivity contribution >= 4 is 43.2 Å². The summed E-state index contributed by atoms with van der Waals surface area (Å²) in [4.78, 5) is 13.8. The molecule has 1 aliphatic rings. The van der Waals surface area contributed by atoms with Crippen molar-refractivity contribution in [3.8, 4) is 0 Å². The SMILES string of the molecule is Cc1ccc(S(=O)(=O)NC2CC2)cc1C(=O)NCCc1ccc(Br)s1. The maximum atomic E-state index is 12.4. The van der Waals surface area contributed by atoms with Gasteiger partial charge in [-0.1, -0.05) is 6.07 Å². The summed E-state index contributed by atoms with van der Waals surface area (Å²) >= 11 is 5.05. The number of carbonyl (C=O) groups is 1. The van der Waals surface area contributed by atoms with Crippen molar-refractivity contribution in [3.05, 3.63) is 50.1 Å². The lowest BCUT2D eigenvalue weighted by Crippen LogP contribution is -2.28. The predicted octanol–water partition coefficient (Wildman–Crippen LogP) is 3.23. The van der Waals surface area contributed by atoms with Gasteiger partial charge in [-0.15, -0.1) is 11.3 Å². The zero-order chi connectivity index (χ0) is 18.0. The van der Waals surface area contributed by atoms with Crippen molar-refractivity contribution in [3.63, 3.8) is 0 Å². The van der Waals surface area contributed by atoms with Gasteiger partial charge in [0, 0.05) is 23.0 Å². The lowest BCUT2D eigenvalue weighted by Gasteiger charge is -2.11. The Bertz CT molecular complexity index is 889. The van der Waals surface area contributed by atoms with Gasteiger partial charge in [0.1, 0.15) is 0 Å². The summed E-state index contributed by atoms with van der Waals surface area (Å²) in [6.07, 6.45) is 2.48. The van der Waals surface area contributed by atoms with Crippen LogP contribution in [0.5, 0.6) is 0 Å². The molecular formula is C17H19BrN2O3S2. The van der Waals surface area contributed by atoms with Crippen LogP contribution in [-0.4, -0.2) is 26.9 Å². The molecule has 25 heavy (non-hydrogen) atoms. The highest BCUT2D eigenvalue weighted by Gasteiger charge is 2.28. The summed E-state index contributed by atoms with van der Waals surface area (Å²) in [6, 6.07) is 8.70. The minimum Gasteiger partial charge on any atom is -0.352 e. The first kappa shape index (κ1) is 18.6. The third kappa shape index (κ3) is 4.91. The van der Waals surface area contributed by atoms with E-state index >= 15 is 0 Å². The largest absolute Gasteiger partial charge is 0.352 e. The standard InChI is InChI=1S/C17H19BrN2O3S2/c1-11-2-6-14(25(22,23)20-12-3-4-12)10-15(11)17(21)19-9-8-13-5-7-16(18)24-13/h2,5-7,10,12,20H,3-4,8-9H2,1H3,(H,19,21). The fraction of sp³-hybridized carbons (Fsp3) is 0.353. The normalized spacial score (nSPS) is 14.5. The molecule has 2 aromatic rings. The third-order valence-corrected chi connectivity index (χ3v) is 7.15. The topological polar surface area (TPSA) is 75.3 Å². The monoisotopic (exact) mass is 442 g/mol. The third-order valence-electron chi connectivity index (χ3n) is 3.95. The molecule has 1 aromatic heterocycles. The van der Waals surface area contributed by atoms with E-state index in [4.69, 9.17) is 0 Å². The van der Waals surface area contributed by atoms with Gasteiger partial charge in [0.25, 0.3) is 5.91 Å². The lowest BCUT2D eigenvalue weighted by molar-refractivity contribution is 0.0953. The number of thiophene rings is 1. The quantitative estimate of drug-likeness (QED) is 0.690. The average Bonchev–Trinajstić information content (AvgIpc) is 3.26. The zero-order valence-electron chi connectivity index (χ0n) is 13.7. The second-order valence-corrected chi connectivity index (χ2v) is 10.3. The van der Waals surface area contributed by atoms with Crippen LogP contribution in [0.25, 0.3) is 0 Å². The molecule has 0 atom stereocenters. The first-order chi connectivity index (χ1) is 11.8. The number of carbonyl (C=O) groups excluding carboxylic acids is 1. The van der Waals surface area contributed by atoms with E-state index in [0.29, 0.717) is 12.1 Å². The number of hydrogen-bond donors (Lipinski definition) is 2. The number of sulfonamides is 1. The van der Waals surface area contributed by atoms with Crippen molar-refractivity contribution in [2.75, 3.05) is 6.54 Å². The van der Waals surface area contributed by atoms with Gasteiger partial charge >= 0.3 is 0 Å². The molecule has 8 heteroatoms. The highest BCUT2D eigenvalue weighted by atomic mass is 79.9. The van der Waals surface area contributed by atoms with E-state index in [0.717, 1.165) is 28.6 Å². The van der Waals surface area contributed by atoms with Gasteiger partial charge in [-0.3, -0.25) is 4.79 Å². The van der Waals surface area contributed by atoms with Gasteiger partial charge in [0.2, 0.25) is 10.0 Å². The molecule has 0 radical (unpaired) electrons. The van der Waals surface area contributed by atoms with Gasteiger partial charge in [-0.05, 0) is 71.9 Å². The van der Waals surface area contributed by atoms with E-state index in [1.54, 1.807) is 30.4 Å². The molecule has 1 aliphatic carbocycles. The molecule has 5 nitrogen and oxygen atoms in total. The first-order valence-electron chi connectivity index (χ1n) is 8.00. The van der Waals surface area contributed by atoms with E-state index in [2.05, 4.69) is 26.0 Å². The van der Waals surface area contributed by atoms with E-state index in [1.165, 1.54) is 10.9 Å². The van der Waals surface area contributed by atoms with Gasteiger partial charge < -0.3 is 5.32 Å². The van der Waals surface area contributed by atoms with E-state index < -0.39 is 10.0 Å². The predicted molar refractivity (Wildman–Crippen MR) is 103 cm³/mol. The Kier molecular flexibility index (Phi) is 5.62. The van der Waals surface area contributed by atoms with Crippen LogP contribution < -0.4 is 10.0 Å². The smallest absolute Gasteiger partial charge is 0.251 e. The molecule has 2 N–H and O–H groups in total. The van der Waals surface area contributed by atoms with Crippen molar-refractivity contribution in [2.24, 2.45) is 0 Å². The van der Waals surface area contributed by atoms with Crippen LogP contribution in [0, 0.1) is 6.92 Å². The Labute approximate surface area is 160 Å². The second-order valence-electron chi connectivity index (χ2n) is 6.08. The number of aryl methyl sites for hydroxylation is 1. The van der Waals surface area contributed by atoms with Crippen molar-refractivity contribution in [2.45, 2.75) is 37.1 Å². The fourth-order valence-corrected chi connectivity index (χ4v) is 5.20. The molecule has 1 fully saturated rings. The highest BCUT2D eigenvalue weighted by Crippen LogP contribution is 2.24. The molecule has 1 amide bonds. The molecular weight excluding hydrogens is 424 g/mol. The molecule has 1 saturated carbocycles. The van der Waals surface area contributed by atoms with Crippen LogP contribution in [0.4, 0.5) is 0 Å². The van der Waals surface area contributed by atoms with Crippen molar-refractivity contribution in [1.82, 2.24) is 10.0 Å². The molecule has 3 rings (SSSR count). The molecule has 0 saturated heterocycles. The molecule has 0 spiro atoms. The number of nitrogens with one attached hydrogen (secondary N) is 2. The lowest BCUT2D eigenvalue weighted by atomic mass is 10.1. The van der Waals surface area contributed by atoms with Gasteiger partial charge in [-0.25, -0.2) is 13.1 Å². The van der Waals surface area contributed by atoms with Gasteiger partial charge in [-0.2, -0.15) is 0 Å². The summed E-state index contributed by atoms with van der Waals surface area (Å²) in [5, 5.41) is 2.87. The molecule has 0 bridgehead atoms. The number of amides is 1. The summed E-state index contributed by atoms with van der Waals surface area (Å²) in [5.74, 6) is -0.253. The number of hydrogen-bond acceptors (Lipinski definition) is 4. The number of benzene rings is 1. The Morgan fingerprint density at radius 1 is 1.28 bits per heavy atom. The summed E-state index contributed by atoms with van der Waals surface area (Å²) in [6.45, 7) is 2.30. The number of rotatable bonds is 7. The van der Waals surface area contributed by atoms with Crippen LogP contribution in [0.2, 0.25) is 0 Å². The maximum Gasteiger partial charge on any atom is 0.251 e. The molecule has 0 unspecified atom stereocenters. The Morgan fingerprint density at radius 2 is 2.04 bits per heavy atom. The van der Waals surface area contributed by atoms with Gasteiger partial charge in [0.05, 0.1) is 8.68 Å².